The van der Waals surface area contributed by atoms with E-state index in [1.165, 1.54) is 7.11 Å². The number of aromatic nitrogens is 2. The Hall–Kier alpha value is -4.88. The van der Waals surface area contributed by atoms with Crippen molar-refractivity contribution in [1.82, 2.24) is 20.2 Å². The number of amides is 1. The first-order chi connectivity index (χ1) is 26.8. The maximum Gasteiger partial charge on any atom is 0.419 e. The summed E-state index contributed by atoms with van der Waals surface area (Å²) < 4.78 is 55.1. The Morgan fingerprint density at radius 1 is 1.02 bits per heavy atom. The third kappa shape index (κ3) is 8.02. The van der Waals surface area contributed by atoms with E-state index in [4.69, 9.17) is 26.1 Å². The van der Waals surface area contributed by atoms with Crippen molar-refractivity contribution in [1.29, 1.82) is 0 Å². The number of carboxylic acid groups (broad SMARTS) is 1. The van der Waals surface area contributed by atoms with Crippen molar-refractivity contribution in [2.75, 3.05) is 32.6 Å². The Bertz CT molecular complexity index is 2150. The van der Waals surface area contributed by atoms with Crippen LogP contribution in [0.3, 0.4) is 0 Å². The van der Waals surface area contributed by atoms with Gasteiger partial charge in [0, 0.05) is 47.8 Å². The highest BCUT2D eigenvalue weighted by Gasteiger charge is 2.42. The van der Waals surface area contributed by atoms with Crippen LogP contribution in [0, 0.1) is 5.41 Å². The molecule has 1 aliphatic carbocycles. The zero-order valence-corrected chi connectivity index (χ0v) is 32.3. The maximum atomic E-state index is 14.6. The molecule has 3 aliphatic rings. The Balaban J connectivity index is 1.12. The molecule has 0 bridgehead atoms. The molecule has 4 aromatic rings. The third-order valence-corrected chi connectivity index (χ3v) is 11.8. The minimum atomic E-state index is -4.71. The van der Waals surface area contributed by atoms with Gasteiger partial charge in [0.1, 0.15) is 5.82 Å². The molecule has 2 aliphatic heterocycles. The first-order valence-electron chi connectivity index (χ1n) is 18.9. The van der Waals surface area contributed by atoms with Crippen LogP contribution < -0.4 is 20.1 Å². The first-order valence-corrected chi connectivity index (χ1v) is 19.3. The Morgan fingerprint density at radius 2 is 1.75 bits per heavy atom. The molecule has 0 saturated carbocycles. The molecule has 0 spiro atoms. The van der Waals surface area contributed by atoms with Crippen LogP contribution in [0.4, 0.5) is 19.0 Å². The standard InChI is InChI=1S/C42H45ClF3N5O5/c1-41(40(53)54)19-20-51(23-41)22-25-21-32(42(44,45)46)37(50-39(25)56-3)48-33-17-15-28-27(9-5-10-29(28)33)30-11-6-12-31(36(30)43)34-16-13-24(38(49-34)55-2)7-4-8-26-14-18-35(52)47-26/h5-6,9-13,16,21,26,33H,4,7-8,14-15,17-20,22-23H2,1-3H3,(H,47,52)(H,48,50)(H,53,54)/t26-,33+,41-/m1/s1. The molecular formula is C42H45ClF3N5O5. The van der Waals surface area contributed by atoms with E-state index in [2.05, 4.69) is 15.6 Å². The van der Waals surface area contributed by atoms with Crippen molar-refractivity contribution < 1.29 is 37.3 Å². The summed E-state index contributed by atoms with van der Waals surface area (Å²) in [5.41, 5.74) is 4.21. The number of halogens is 4. The normalized spacial score (nSPS) is 20.9. The lowest BCUT2D eigenvalue weighted by Crippen LogP contribution is -2.31. The molecule has 3 atom stereocenters. The number of benzene rings is 2. The molecule has 1 amide bonds. The number of carbonyl (C=O) groups excluding carboxylic acids is 1. The number of nitrogens with one attached hydrogen (secondary N) is 2. The lowest BCUT2D eigenvalue weighted by molar-refractivity contribution is -0.147. The molecule has 0 unspecified atom stereocenters. The number of alkyl halides is 3. The molecule has 14 heteroatoms. The van der Waals surface area contributed by atoms with Gasteiger partial charge in [0.15, 0.2) is 0 Å². The van der Waals surface area contributed by atoms with Crippen molar-refractivity contribution >= 4 is 29.3 Å². The number of nitrogens with zero attached hydrogens (tertiary/aromatic N) is 3. The van der Waals surface area contributed by atoms with Gasteiger partial charge in [-0.25, -0.2) is 4.98 Å². The van der Waals surface area contributed by atoms with Gasteiger partial charge >= 0.3 is 12.1 Å². The molecule has 4 heterocycles. The largest absolute Gasteiger partial charge is 0.481 e. The van der Waals surface area contributed by atoms with Crippen molar-refractivity contribution in [3.05, 3.63) is 87.4 Å². The molecule has 2 aromatic carbocycles. The number of aliphatic carboxylic acids is 1. The van der Waals surface area contributed by atoms with Crippen LogP contribution >= 0.6 is 11.6 Å². The smallest absolute Gasteiger partial charge is 0.419 e. The zero-order chi connectivity index (χ0) is 39.8. The van der Waals surface area contributed by atoms with Gasteiger partial charge in [-0.05, 0) is 87.2 Å². The van der Waals surface area contributed by atoms with Gasteiger partial charge < -0.3 is 25.2 Å². The SMILES string of the molecule is COc1nc(-c2cccc(-c3cccc4c3CC[C@@H]4Nc3nc(OC)c(CN4CC[C@@](C)(C(=O)O)C4)cc3C(F)(F)F)c2Cl)ccc1CCC[C@@H]1CCC(=O)N1. The highest BCUT2D eigenvalue weighted by Crippen LogP contribution is 2.45. The fraction of sp³-hybridized carbons (Fsp3) is 0.429. The van der Waals surface area contributed by atoms with Crippen LogP contribution in [0.2, 0.25) is 5.02 Å². The topological polar surface area (TPSA) is 126 Å². The van der Waals surface area contributed by atoms with E-state index in [1.54, 1.807) is 14.0 Å². The second-order valence-electron chi connectivity index (χ2n) is 15.2. The average molecular weight is 792 g/mol. The van der Waals surface area contributed by atoms with Crippen molar-refractivity contribution in [3.63, 3.8) is 0 Å². The predicted octanol–water partition coefficient (Wildman–Crippen LogP) is 8.50. The van der Waals surface area contributed by atoms with Crippen LogP contribution in [0.5, 0.6) is 11.8 Å². The number of hydrogen-bond donors (Lipinski definition) is 3. The zero-order valence-electron chi connectivity index (χ0n) is 31.6. The van der Waals surface area contributed by atoms with Crippen LogP contribution in [0.1, 0.15) is 79.3 Å². The van der Waals surface area contributed by atoms with Gasteiger partial charge in [0.05, 0.1) is 42.0 Å². The Kier molecular flexibility index (Phi) is 11.2. The Labute approximate surface area is 328 Å². The van der Waals surface area contributed by atoms with Crippen molar-refractivity contribution in [3.8, 4) is 34.1 Å². The van der Waals surface area contributed by atoms with Crippen molar-refractivity contribution in [2.24, 2.45) is 5.41 Å². The molecule has 2 fully saturated rings. The highest BCUT2D eigenvalue weighted by atomic mass is 35.5. The second kappa shape index (κ2) is 15.9. The molecule has 296 valence electrons. The molecule has 0 radical (unpaired) electrons. The number of aryl methyl sites for hydroxylation is 1. The van der Waals surface area contributed by atoms with Gasteiger partial charge in [-0.3, -0.25) is 14.5 Å². The van der Waals surface area contributed by atoms with Gasteiger partial charge in [-0.15, -0.1) is 0 Å². The summed E-state index contributed by atoms with van der Waals surface area (Å²) in [6.45, 7) is 2.36. The van der Waals surface area contributed by atoms with E-state index in [0.717, 1.165) is 65.1 Å². The molecule has 2 aromatic heterocycles. The van der Waals surface area contributed by atoms with Crippen LogP contribution in [-0.4, -0.2) is 65.2 Å². The number of anilines is 1. The summed E-state index contributed by atoms with van der Waals surface area (Å²) in [5.74, 6) is -0.580. The monoisotopic (exact) mass is 791 g/mol. The number of ether oxygens (including phenoxy) is 2. The second-order valence-corrected chi connectivity index (χ2v) is 15.6. The summed E-state index contributed by atoms with van der Waals surface area (Å²) in [6.07, 6.45) is 0.784. The van der Waals surface area contributed by atoms with Crippen molar-refractivity contribution in [2.45, 2.75) is 83.1 Å². The quantitative estimate of drug-likeness (QED) is 0.122. The number of carboxylic acids is 1. The number of hydrogen-bond acceptors (Lipinski definition) is 8. The molecular weight excluding hydrogens is 747 g/mol. The first kappa shape index (κ1) is 39.4. The number of methoxy groups -OCH3 is 2. The summed E-state index contributed by atoms with van der Waals surface area (Å²) >= 11 is 7.15. The van der Waals surface area contributed by atoms with E-state index >= 15 is 0 Å². The predicted molar refractivity (Wildman–Crippen MR) is 207 cm³/mol. The number of pyridine rings is 2. The van der Waals surface area contributed by atoms with E-state index in [1.807, 2.05) is 53.4 Å². The number of likely N-dealkylation sites (tertiary alicyclic amines) is 1. The number of rotatable bonds is 13. The summed E-state index contributed by atoms with van der Waals surface area (Å²) in [7, 11) is 2.96. The van der Waals surface area contributed by atoms with E-state index in [0.29, 0.717) is 48.8 Å². The van der Waals surface area contributed by atoms with Gasteiger partial charge in [0.2, 0.25) is 17.7 Å². The molecule has 3 N–H and O–H groups in total. The molecule has 7 rings (SSSR count). The summed E-state index contributed by atoms with van der Waals surface area (Å²) in [5, 5.41) is 16.3. The fourth-order valence-electron chi connectivity index (χ4n) is 8.34. The van der Waals surface area contributed by atoms with Gasteiger partial charge in [-0.1, -0.05) is 54.1 Å². The average Bonchev–Trinajstić information content (AvgIpc) is 3.90. The van der Waals surface area contributed by atoms with E-state index in [9.17, 15) is 27.9 Å². The van der Waals surface area contributed by atoms with E-state index < -0.39 is 29.2 Å². The maximum absolute atomic E-state index is 14.6. The minimum Gasteiger partial charge on any atom is -0.481 e. The third-order valence-electron chi connectivity index (χ3n) is 11.4. The van der Waals surface area contributed by atoms with Gasteiger partial charge in [0.25, 0.3) is 0 Å². The lowest BCUT2D eigenvalue weighted by Gasteiger charge is -2.23. The van der Waals surface area contributed by atoms with Crippen LogP contribution in [0.25, 0.3) is 22.4 Å². The number of carbonyl (C=O) groups is 2. The minimum absolute atomic E-state index is 0.0531. The highest BCUT2D eigenvalue weighted by molar-refractivity contribution is 6.36. The Morgan fingerprint density at radius 3 is 2.45 bits per heavy atom. The fourth-order valence-corrected chi connectivity index (χ4v) is 8.66. The van der Waals surface area contributed by atoms with E-state index in [-0.39, 0.29) is 42.3 Å². The molecule has 10 nitrogen and oxygen atoms in total. The van der Waals surface area contributed by atoms with Crippen LogP contribution in [-0.2, 0) is 35.2 Å². The molecule has 56 heavy (non-hydrogen) atoms. The number of fused-ring (bicyclic) bond motifs is 1. The molecule has 2 saturated heterocycles. The lowest BCUT2D eigenvalue weighted by atomic mass is 9.90. The van der Waals surface area contributed by atoms with Crippen LogP contribution in [0.15, 0.2) is 54.6 Å². The summed E-state index contributed by atoms with van der Waals surface area (Å²) in [6, 6.07) is 16.3. The summed E-state index contributed by atoms with van der Waals surface area (Å²) in [4.78, 5) is 34.3. The van der Waals surface area contributed by atoms with Gasteiger partial charge in [-0.2, -0.15) is 18.2 Å².